The third kappa shape index (κ3) is 6.80. The Hall–Kier alpha value is -1.06. The minimum absolute atomic E-state index is 0.215. The largest absolute Gasteiger partial charge is 0.465 e. The van der Waals surface area contributed by atoms with Crippen molar-refractivity contribution < 1.29 is 19.1 Å². The molecule has 0 aliphatic rings. The van der Waals surface area contributed by atoms with Crippen LogP contribution in [0.3, 0.4) is 0 Å². The van der Waals surface area contributed by atoms with Gasteiger partial charge in [-0.1, -0.05) is 34.1 Å². The number of carbonyl (C=O) groups excluding carboxylic acids is 2. The van der Waals surface area contributed by atoms with Crippen LogP contribution < -0.4 is 0 Å². The van der Waals surface area contributed by atoms with E-state index in [1.165, 1.54) is 0 Å². The van der Waals surface area contributed by atoms with Gasteiger partial charge in [0.1, 0.15) is 0 Å². The Morgan fingerprint density at radius 1 is 1.00 bits per heavy atom. The summed E-state index contributed by atoms with van der Waals surface area (Å²) in [5.41, 5.74) is -1.36. The Morgan fingerprint density at radius 3 is 2.05 bits per heavy atom. The Balaban J connectivity index is 4.79. The van der Waals surface area contributed by atoms with Crippen molar-refractivity contribution in [1.82, 2.24) is 0 Å². The third-order valence-electron chi connectivity index (χ3n) is 3.94. The molecule has 0 aliphatic carbocycles. The maximum atomic E-state index is 12.4. The van der Waals surface area contributed by atoms with Crippen molar-refractivity contribution in [2.24, 2.45) is 16.7 Å². The zero-order chi connectivity index (χ0) is 17.4. The number of esters is 2. The molecule has 0 fully saturated rings. The van der Waals surface area contributed by atoms with Crippen molar-refractivity contribution in [2.75, 3.05) is 13.2 Å². The minimum atomic E-state index is -0.705. The van der Waals surface area contributed by atoms with Crippen LogP contribution in [0, 0.1) is 16.7 Å². The van der Waals surface area contributed by atoms with Crippen molar-refractivity contribution in [3.63, 3.8) is 0 Å². The summed E-state index contributed by atoms with van der Waals surface area (Å²) < 4.78 is 10.7. The van der Waals surface area contributed by atoms with Crippen LogP contribution >= 0.6 is 0 Å². The lowest BCUT2D eigenvalue weighted by molar-refractivity contribution is -0.163. The number of hydrogen-bond acceptors (Lipinski definition) is 4. The fourth-order valence-electron chi connectivity index (χ4n) is 2.31. The van der Waals surface area contributed by atoms with Crippen LogP contribution in [-0.2, 0) is 19.1 Å². The van der Waals surface area contributed by atoms with E-state index in [4.69, 9.17) is 9.47 Å². The maximum Gasteiger partial charge on any atom is 0.311 e. The second-order valence-electron chi connectivity index (χ2n) is 7.46. The van der Waals surface area contributed by atoms with Gasteiger partial charge < -0.3 is 9.47 Å². The van der Waals surface area contributed by atoms with Crippen molar-refractivity contribution in [3.05, 3.63) is 0 Å². The fourth-order valence-corrected chi connectivity index (χ4v) is 2.31. The highest BCUT2D eigenvalue weighted by molar-refractivity contribution is 5.80. The molecule has 0 saturated carbocycles. The van der Waals surface area contributed by atoms with Gasteiger partial charge in [0.05, 0.1) is 24.0 Å². The number of carbonyl (C=O) groups is 2. The lowest BCUT2D eigenvalue weighted by Crippen LogP contribution is -2.39. The molecule has 4 nitrogen and oxygen atoms in total. The van der Waals surface area contributed by atoms with Gasteiger partial charge in [0.2, 0.25) is 0 Å². The van der Waals surface area contributed by atoms with Crippen molar-refractivity contribution in [3.8, 4) is 0 Å². The lowest BCUT2D eigenvalue weighted by Gasteiger charge is -2.33. The normalized spacial score (nSPS) is 14.5. The summed E-state index contributed by atoms with van der Waals surface area (Å²) in [5.74, 6) is -0.160. The quantitative estimate of drug-likeness (QED) is 0.444. The van der Waals surface area contributed by atoms with E-state index in [0.29, 0.717) is 32.0 Å². The van der Waals surface area contributed by atoms with Gasteiger partial charge in [0.15, 0.2) is 0 Å². The predicted molar refractivity (Wildman–Crippen MR) is 88.5 cm³/mol. The van der Waals surface area contributed by atoms with Crippen LogP contribution in [-0.4, -0.2) is 25.2 Å². The second kappa shape index (κ2) is 9.16. The molecule has 130 valence electrons. The standard InChI is InChI=1S/C18H34O4/c1-8-10-11-21-16(20)18(7,9-2)13-17(5,6)15(19)22-12-14(3)4/h14H,8-13H2,1-7H3. The molecule has 0 amide bonds. The molecule has 0 saturated heterocycles. The summed E-state index contributed by atoms with van der Waals surface area (Å²) in [5, 5.41) is 0. The SMILES string of the molecule is CCCCOC(=O)C(C)(CC)CC(C)(C)C(=O)OCC(C)C. The topological polar surface area (TPSA) is 52.6 Å². The van der Waals surface area contributed by atoms with Gasteiger partial charge in [-0.3, -0.25) is 9.59 Å². The summed E-state index contributed by atoms with van der Waals surface area (Å²) in [4.78, 5) is 24.6. The number of unbranched alkanes of at least 4 members (excludes halogenated alkanes) is 1. The highest BCUT2D eigenvalue weighted by atomic mass is 16.5. The van der Waals surface area contributed by atoms with Crippen LogP contribution in [0.1, 0.15) is 74.1 Å². The van der Waals surface area contributed by atoms with Crippen LogP contribution in [0.4, 0.5) is 0 Å². The highest BCUT2D eigenvalue weighted by Crippen LogP contribution is 2.38. The molecule has 0 aromatic rings. The Morgan fingerprint density at radius 2 is 1.59 bits per heavy atom. The molecule has 0 rings (SSSR count). The van der Waals surface area contributed by atoms with E-state index in [2.05, 4.69) is 6.92 Å². The number of rotatable bonds is 10. The molecule has 0 radical (unpaired) electrons. The molecule has 1 atom stereocenters. The van der Waals surface area contributed by atoms with E-state index < -0.39 is 10.8 Å². The van der Waals surface area contributed by atoms with Crippen molar-refractivity contribution in [1.29, 1.82) is 0 Å². The van der Waals surface area contributed by atoms with Crippen LogP contribution in [0.15, 0.2) is 0 Å². The van der Waals surface area contributed by atoms with Gasteiger partial charge in [0, 0.05) is 0 Å². The van der Waals surface area contributed by atoms with Gasteiger partial charge in [-0.25, -0.2) is 0 Å². The summed E-state index contributed by atoms with van der Waals surface area (Å²) in [6.45, 7) is 14.4. The first-order chi connectivity index (χ1) is 10.1. The second-order valence-corrected chi connectivity index (χ2v) is 7.46. The van der Waals surface area contributed by atoms with E-state index >= 15 is 0 Å². The lowest BCUT2D eigenvalue weighted by atomic mass is 9.72. The molecule has 22 heavy (non-hydrogen) atoms. The van der Waals surface area contributed by atoms with Crippen LogP contribution in [0.25, 0.3) is 0 Å². The zero-order valence-electron chi connectivity index (χ0n) is 15.5. The predicted octanol–water partition coefficient (Wildman–Crippen LogP) is 4.36. The molecule has 0 aliphatic heterocycles. The molecule has 4 heteroatoms. The Kier molecular flexibility index (Phi) is 8.72. The summed E-state index contributed by atoms with van der Waals surface area (Å²) in [6.07, 6.45) is 2.92. The van der Waals surface area contributed by atoms with E-state index in [1.54, 1.807) is 0 Å². The molecule has 0 bridgehead atoms. The molecular formula is C18H34O4. The van der Waals surface area contributed by atoms with Gasteiger partial charge >= 0.3 is 11.9 Å². The minimum Gasteiger partial charge on any atom is -0.465 e. The molecule has 1 unspecified atom stereocenters. The first kappa shape index (κ1) is 20.9. The maximum absolute atomic E-state index is 12.4. The van der Waals surface area contributed by atoms with Gasteiger partial charge in [-0.15, -0.1) is 0 Å². The average Bonchev–Trinajstić information content (AvgIpc) is 2.43. The first-order valence-electron chi connectivity index (χ1n) is 8.43. The fraction of sp³-hybridized carbons (Fsp3) is 0.889. The van der Waals surface area contributed by atoms with Crippen molar-refractivity contribution in [2.45, 2.75) is 74.1 Å². The summed E-state index contributed by atoms with van der Waals surface area (Å²) in [6, 6.07) is 0. The molecule has 0 heterocycles. The van der Waals surface area contributed by atoms with Crippen LogP contribution in [0.2, 0.25) is 0 Å². The molecule has 0 N–H and O–H groups in total. The molecular weight excluding hydrogens is 280 g/mol. The molecule has 0 aromatic carbocycles. The Labute approximate surface area is 135 Å². The van der Waals surface area contributed by atoms with E-state index in [-0.39, 0.29) is 11.9 Å². The molecule has 0 aromatic heterocycles. The first-order valence-corrected chi connectivity index (χ1v) is 8.43. The third-order valence-corrected chi connectivity index (χ3v) is 3.94. The van der Waals surface area contributed by atoms with E-state index in [9.17, 15) is 9.59 Å². The van der Waals surface area contributed by atoms with Crippen LogP contribution in [0.5, 0.6) is 0 Å². The Bertz CT molecular complexity index is 360. The van der Waals surface area contributed by atoms with E-state index in [1.807, 2.05) is 41.5 Å². The average molecular weight is 314 g/mol. The highest BCUT2D eigenvalue weighted by Gasteiger charge is 2.42. The van der Waals surface area contributed by atoms with Gasteiger partial charge in [0.25, 0.3) is 0 Å². The number of ether oxygens (including phenoxy) is 2. The smallest absolute Gasteiger partial charge is 0.311 e. The molecule has 0 spiro atoms. The monoisotopic (exact) mass is 314 g/mol. The summed E-state index contributed by atoms with van der Waals surface area (Å²) in [7, 11) is 0. The number of hydrogen-bond donors (Lipinski definition) is 0. The zero-order valence-corrected chi connectivity index (χ0v) is 15.5. The van der Waals surface area contributed by atoms with Crippen molar-refractivity contribution >= 4 is 11.9 Å². The van der Waals surface area contributed by atoms with E-state index in [0.717, 1.165) is 12.8 Å². The summed E-state index contributed by atoms with van der Waals surface area (Å²) >= 11 is 0. The van der Waals surface area contributed by atoms with Gasteiger partial charge in [-0.05, 0) is 46.0 Å². The van der Waals surface area contributed by atoms with Gasteiger partial charge in [-0.2, -0.15) is 0 Å².